The Morgan fingerprint density at radius 1 is 0.737 bits per heavy atom. The fourth-order valence-electron chi connectivity index (χ4n) is 3.16. The van der Waals surface area contributed by atoms with Crippen molar-refractivity contribution in [3.05, 3.63) is 71.8 Å². The first-order chi connectivity index (χ1) is 9.18. The van der Waals surface area contributed by atoms with Crippen molar-refractivity contribution >= 4 is 0 Å². The molecule has 0 saturated carbocycles. The number of rotatable bonds is 5. The molecule has 2 aromatic carbocycles. The molecule has 0 radical (unpaired) electrons. The Kier molecular flexibility index (Phi) is 4.79. The average molecular weight is 252 g/mol. The molecule has 2 rings (SSSR count). The van der Waals surface area contributed by atoms with Gasteiger partial charge in [-0.3, -0.25) is 0 Å². The van der Waals surface area contributed by atoms with Crippen LogP contribution in [0.2, 0.25) is 0 Å². The van der Waals surface area contributed by atoms with Crippen molar-refractivity contribution in [3.8, 4) is 0 Å². The number of hydrogen-bond donors (Lipinski definition) is 0. The van der Waals surface area contributed by atoms with E-state index < -0.39 is 0 Å². The van der Waals surface area contributed by atoms with Crippen LogP contribution in [0, 0.1) is 11.8 Å². The molecule has 0 spiro atoms. The molecule has 0 heteroatoms. The van der Waals surface area contributed by atoms with Gasteiger partial charge in [0.05, 0.1) is 0 Å². The van der Waals surface area contributed by atoms with Gasteiger partial charge in [-0.15, -0.1) is 0 Å². The van der Waals surface area contributed by atoms with Crippen LogP contribution in [-0.2, 0) is 6.42 Å². The molecule has 2 atom stereocenters. The standard InChI is InChI=1S/C19H24/c1-15(2)19(18-12-8-5-9-13-18)16(3)14-17-10-6-4-7-11-17/h4-13,15-16,19H,14H2,1-3H3. The molecule has 0 nitrogen and oxygen atoms in total. The molecule has 0 amide bonds. The second-order valence-electron chi connectivity index (χ2n) is 5.85. The van der Waals surface area contributed by atoms with E-state index in [4.69, 9.17) is 0 Å². The third-order valence-corrected chi connectivity index (χ3v) is 3.92. The summed E-state index contributed by atoms with van der Waals surface area (Å²) in [6, 6.07) is 21.8. The average Bonchev–Trinajstić information content (AvgIpc) is 2.40. The predicted octanol–water partition coefficient (Wildman–Crippen LogP) is 5.31. The van der Waals surface area contributed by atoms with Crippen LogP contribution >= 0.6 is 0 Å². The minimum atomic E-state index is 0.626. The summed E-state index contributed by atoms with van der Waals surface area (Å²) in [6.45, 7) is 7.04. The maximum atomic E-state index is 2.38. The summed E-state index contributed by atoms with van der Waals surface area (Å²) < 4.78 is 0. The molecule has 2 unspecified atom stereocenters. The smallest absolute Gasteiger partial charge is 0.0110 e. The van der Waals surface area contributed by atoms with Gasteiger partial charge in [-0.2, -0.15) is 0 Å². The first-order valence-corrected chi connectivity index (χ1v) is 7.27. The molecule has 0 aromatic heterocycles. The van der Waals surface area contributed by atoms with Crippen LogP contribution in [0.3, 0.4) is 0 Å². The lowest BCUT2D eigenvalue weighted by molar-refractivity contribution is 0.362. The van der Waals surface area contributed by atoms with Crippen LogP contribution in [0.4, 0.5) is 0 Å². The van der Waals surface area contributed by atoms with Gasteiger partial charge in [0.1, 0.15) is 0 Å². The predicted molar refractivity (Wildman–Crippen MR) is 83.3 cm³/mol. The molecular formula is C19H24. The highest BCUT2D eigenvalue weighted by Crippen LogP contribution is 2.33. The van der Waals surface area contributed by atoms with Crippen molar-refractivity contribution < 1.29 is 0 Å². The van der Waals surface area contributed by atoms with Crippen LogP contribution in [0.1, 0.15) is 37.8 Å². The molecule has 0 aliphatic carbocycles. The van der Waals surface area contributed by atoms with E-state index in [1.54, 1.807) is 0 Å². The summed E-state index contributed by atoms with van der Waals surface area (Å²) in [5.74, 6) is 1.95. The van der Waals surface area contributed by atoms with E-state index in [-0.39, 0.29) is 0 Å². The van der Waals surface area contributed by atoms with Crippen LogP contribution < -0.4 is 0 Å². The Labute approximate surface area is 117 Å². The zero-order valence-corrected chi connectivity index (χ0v) is 12.2. The van der Waals surface area contributed by atoms with Gasteiger partial charge in [0.25, 0.3) is 0 Å². The molecule has 0 saturated heterocycles. The number of benzene rings is 2. The minimum Gasteiger partial charge on any atom is -0.0622 e. The molecule has 0 heterocycles. The Morgan fingerprint density at radius 3 is 1.79 bits per heavy atom. The third-order valence-electron chi connectivity index (χ3n) is 3.92. The Balaban J connectivity index is 2.16. The fourth-order valence-corrected chi connectivity index (χ4v) is 3.16. The molecule has 19 heavy (non-hydrogen) atoms. The normalized spacial score (nSPS) is 14.3. The summed E-state index contributed by atoms with van der Waals surface area (Å²) in [7, 11) is 0. The summed E-state index contributed by atoms with van der Waals surface area (Å²) in [6.07, 6.45) is 1.15. The van der Waals surface area contributed by atoms with Gasteiger partial charge in [-0.05, 0) is 35.3 Å². The van der Waals surface area contributed by atoms with Gasteiger partial charge < -0.3 is 0 Å². The van der Waals surface area contributed by atoms with Gasteiger partial charge in [0.2, 0.25) is 0 Å². The largest absolute Gasteiger partial charge is 0.0622 e. The van der Waals surface area contributed by atoms with Crippen molar-refractivity contribution in [2.75, 3.05) is 0 Å². The molecular weight excluding hydrogens is 228 g/mol. The summed E-state index contributed by atoms with van der Waals surface area (Å²) in [5, 5.41) is 0. The molecule has 0 N–H and O–H groups in total. The summed E-state index contributed by atoms with van der Waals surface area (Å²) in [5.41, 5.74) is 2.91. The topological polar surface area (TPSA) is 0 Å². The lowest BCUT2D eigenvalue weighted by Crippen LogP contribution is -2.18. The SMILES string of the molecule is CC(C)C(c1ccccc1)C(C)Cc1ccccc1. The molecule has 0 fully saturated rings. The van der Waals surface area contributed by atoms with Gasteiger partial charge in [-0.25, -0.2) is 0 Å². The molecule has 0 bridgehead atoms. The Bertz CT molecular complexity index is 470. The first kappa shape index (κ1) is 13.9. The zero-order chi connectivity index (χ0) is 13.7. The number of hydrogen-bond acceptors (Lipinski definition) is 0. The van der Waals surface area contributed by atoms with E-state index in [1.165, 1.54) is 11.1 Å². The van der Waals surface area contributed by atoms with Gasteiger partial charge in [0.15, 0.2) is 0 Å². The van der Waals surface area contributed by atoms with Crippen molar-refractivity contribution in [1.29, 1.82) is 0 Å². The van der Waals surface area contributed by atoms with E-state index in [9.17, 15) is 0 Å². The Hall–Kier alpha value is -1.56. The fraction of sp³-hybridized carbons (Fsp3) is 0.368. The molecule has 0 aliphatic rings. The molecule has 0 aliphatic heterocycles. The highest BCUT2D eigenvalue weighted by atomic mass is 14.3. The van der Waals surface area contributed by atoms with E-state index >= 15 is 0 Å². The van der Waals surface area contributed by atoms with E-state index in [2.05, 4.69) is 81.4 Å². The monoisotopic (exact) mass is 252 g/mol. The highest BCUT2D eigenvalue weighted by molar-refractivity contribution is 5.22. The Morgan fingerprint density at radius 2 is 1.26 bits per heavy atom. The van der Waals surface area contributed by atoms with E-state index in [1.807, 2.05) is 0 Å². The van der Waals surface area contributed by atoms with Crippen LogP contribution in [-0.4, -0.2) is 0 Å². The van der Waals surface area contributed by atoms with Crippen molar-refractivity contribution in [3.63, 3.8) is 0 Å². The quantitative estimate of drug-likeness (QED) is 0.677. The minimum absolute atomic E-state index is 0.626. The van der Waals surface area contributed by atoms with Crippen molar-refractivity contribution in [2.24, 2.45) is 11.8 Å². The van der Waals surface area contributed by atoms with Crippen molar-refractivity contribution in [1.82, 2.24) is 0 Å². The third kappa shape index (κ3) is 3.70. The van der Waals surface area contributed by atoms with Gasteiger partial charge in [0, 0.05) is 0 Å². The van der Waals surface area contributed by atoms with E-state index in [0.29, 0.717) is 17.8 Å². The second kappa shape index (κ2) is 6.56. The lowest BCUT2D eigenvalue weighted by Gasteiger charge is -2.28. The van der Waals surface area contributed by atoms with Gasteiger partial charge in [-0.1, -0.05) is 81.4 Å². The molecule has 2 aromatic rings. The van der Waals surface area contributed by atoms with Crippen LogP contribution in [0.15, 0.2) is 60.7 Å². The lowest BCUT2D eigenvalue weighted by atomic mass is 9.77. The van der Waals surface area contributed by atoms with Gasteiger partial charge >= 0.3 is 0 Å². The first-order valence-electron chi connectivity index (χ1n) is 7.27. The molecule has 100 valence electrons. The maximum Gasteiger partial charge on any atom is -0.0110 e. The zero-order valence-electron chi connectivity index (χ0n) is 12.2. The maximum absolute atomic E-state index is 2.38. The van der Waals surface area contributed by atoms with E-state index in [0.717, 1.165) is 6.42 Å². The van der Waals surface area contributed by atoms with Crippen LogP contribution in [0.25, 0.3) is 0 Å². The van der Waals surface area contributed by atoms with Crippen molar-refractivity contribution in [2.45, 2.75) is 33.1 Å². The van der Waals surface area contributed by atoms with Crippen LogP contribution in [0.5, 0.6) is 0 Å². The second-order valence-corrected chi connectivity index (χ2v) is 5.85. The highest BCUT2D eigenvalue weighted by Gasteiger charge is 2.22. The summed E-state index contributed by atoms with van der Waals surface area (Å²) >= 11 is 0. The summed E-state index contributed by atoms with van der Waals surface area (Å²) in [4.78, 5) is 0.